The van der Waals surface area contributed by atoms with Gasteiger partial charge in [-0.3, -0.25) is 0 Å². The molecule has 1 rings (SSSR count). The highest BCUT2D eigenvalue weighted by atomic mass is 32.2. The standard InChI is InChI=1S/C16H28N2O2S/c1-4-5-8-11-18(14(2)3)21(19,20)13-16-10-7-6-9-15(16)12-17/h6-7,9-10,14H,4-5,8,11-13,17H2,1-3H3. The maximum Gasteiger partial charge on any atom is 0.218 e. The van der Waals surface area contributed by atoms with Crippen LogP contribution in [0.4, 0.5) is 0 Å². The van der Waals surface area contributed by atoms with Gasteiger partial charge in [0.05, 0.1) is 5.75 Å². The quantitative estimate of drug-likeness (QED) is 0.713. The highest BCUT2D eigenvalue weighted by Gasteiger charge is 2.25. The highest BCUT2D eigenvalue weighted by molar-refractivity contribution is 7.88. The summed E-state index contributed by atoms with van der Waals surface area (Å²) in [6.45, 7) is 6.93. The van der Waals surface area contributed by atoms with Gasteiger partial charge < -0.3 is 5.73 Å². The van der Waals surface area contributed by atoms with Gasteiger partial charge in [0.15, 0.2) is 0 Å². The first-order chi connectivity index (χ1) is 9.92. The molecule has 0 spiro atoms. The number of benzene rings is 1. The lowest BCUT2D eigenvalue weighted by Crippen LogP contribution is -2.38. The van der Waals surface area contributed by atoms with Crippen molar-refractivity contribution in [3.8, 4) is 0 Å². The second-order valence-corrected chi connectivity index (χ2v) is 7.56. The summed E-state index contributed by atoms with van der Waals surface area (Å²) in [4.78, 5) is 0. The third kappa shape index (κ3) is 5.41. The maximum absolute atomic E-state index is 12.7. The topological polar surface area (TPSA) is 63.4 Å². The fraction of sp³-hybridized carbons (Fsp3) is 0.625. The monoisotopic (exact) mass is 312 g/mol. The summed E-state index contributed by atoms with van der Waals surface area (Å²) in [6, 6.07) is 7.48. The van der Waals surface area contributed by atoms with Crippen LogP contribution in [0, 0.1) is 0 Å². The molecule has 0 saturated heterocycles. The van der Waals surface area contributed by atoms with E-state index in [1.165, 1.54) is 0 Å². The van der Waals surface area contributed by atoms with E-state index in [0.717, 1.165) is 30.4 Å². The Bertz CT molecular complexity index is 527. The van der Waals surface area contributed by atoms with Crippen LogP contribution in [-0.4, -0.2) is 25.3 Å². The van der Waals surface area contributed by atoms with Crippen LogP contribution >= 0.6 is 0 Å². The Labute approximate surface area is 129 Å². The first-order valence-electron chi connectivity index (χ1n) is 7.68. The van der Waals surface area contributed by atoms with Gasteiger partial charge in [-0.2, -0.15) is 4.31 Å². The van der Waals surface area contributed by atoms with E-state index in [4.69, 9.17) is 5.73 Å². The predicted octanol–water partition coefficient (Wildman–Crippen LogP) is 2.88. The van der Waals surface area contributed by atoms with E-state index in [2.05, 4.69) is 6.92 Å². The number of unbranched alkanes of at least 4 members (excludes halogenated alkanes) is 2. The fourth-order valence-electron chi connectivity index (χ4n) is 2.41. The van der Waals surface area contributed by atoms with Gasteiger partial charge in [0.1, 0.15) is 0 Å². The van der Waals surface area contributed by atoms with Crippen molar-refractivity contribution in [2.24, 2.45) is 5.73 Å². The van der Waals surface area contributed by atoms with Crippen molar-refractivity contribution in [3.63, 3.8) is 0 Å². The van der Waals surface area contributed by atoms with Crippen molar-refractivity contribution in [1.29, 1.82) is 0 Å². The first-order valence-corrected chi connectivity index (χ1v) is 9.29. The Hall–Kier alpha value is -0.910. The highest BCUT2D eigenvalue weighted by Crippen LogP contribution is 2.18. The van der Waals surface area contributed by atoms with Crippen LogP contribution in [0.25, 0.3) is 0 Å². The molecular formula is C16H28N2O2S. The molecule has 0 saturated carbocycles. The molecule has 0 aromatic heterocycles. The van der Waals surface area contributed by atoms with Crippen molar-refractivity contribution in [2.45, 2.75) is 58.4 Å². The summed E-state index contributed by atoms with van der Waals surface area (Å²) >= 11 is 0. The molecule has 21 heavy (non-hydrogen) atoms. The van der Waals surface area contributed by atoms with Crippen LogP contribution in [-0.2, 0) is 22.3 Å². The molecule has 4 nitrogen and oxygen atoms in total. The molecule has 0 heterocycles. The van der Waals surface area contributed by atoms with Crippen LogP contribution in [0.5, 0.6) is 0 Å². The molecule has 0 aliphatic rings. The maximum atomic E-state index is 12.7. The first kappa shape index (κ1) is 18.1. The van der Waals surface area contributed by atoms with Gasteiger partial charge in [-0.25, -0.2) is 8.42 Å². The SMILES string of the molecule is CCCCCN(C(C)C)S(=O)(=O)Cc1ccccc1CN. The zero-order chi connectivity index (χ0) is 15.9. The molecule has 0 aliphatic heterocycles. The Kier molecular flexibility index (Phi) is 7.35. The minimum Gasteiger partial charge on any atom is -0.326 e. The van der Waals surface area contributed by atoms with E-state index in [1.807, 2.05) is 38.1 Å². The second kappa shape index (κ2) is 8.51. The number of hydrogen-bond acceptors (Lipinski definition) is 3. The Morgan fingerprint density at radius 3 is 2.29 bits per heavy atom. The Morgan fingerprint density at radius 2 is 1.76 bits per heavy atom. The summed E-state index contributed by atoms with van der Waals surface area (Å²) < 4.78 is 27.0. The predicted molar refractivity (Wildman–Crippen MR) is 88.3 cm³/mol. The van der Waals surface area contributed by atoms with Gasteiger partial charge in [-0.05, 0) is 31.4 Å². The van der Waals surface area contributed by atoms with Crippen molar-refractivity contribution in [3.05, 3.63) is 35.4 Å². The van der Waals surface area contributed by atoms with E-state index >= 15 is 0 Å². The van der Waals surface area contributed by atoms with Gasteiger partial charge in [0.25, 0.3) is 0 Å². The molecule has 1 aromatic rings. The molecule has 0 amide bonds. The zero-order valence-electron chi connectivity index (χ0n) is 13.4. The van der Waals surface area contributed by atoms with Crippen molar-refractivity contribution in [1.82, 2.24) is 4.31 Å². The van der Waals surface area contributed by atoms with Crippen LogP contribution in [0.2, 0.25) is 0 Å². The number of nitrogens with two attached hydrogens (primary N) is 1. The van der Waals surface area contributed by atoms with Gasteiger partial charge in [0, 0.05) is 19.1 Å². The summed E-state index contributed by atoms with van der Waals surface area (Å²) in [7, 11) is -3.31. The Morgan fingerprint density at radius 1 is 1.14 bits per heavy atom. The lowest BCUT2D eigenvalue weighted by atomic mass is 10.1. The summed E-state index contributed by atoms with van der Waals surface area (Å²) in [5.41, 5.74) is 7.40. The third-order valence-corrected chi connectivity index (χ3v) is 5.59. The van der Waals surface area contributed by atoms with Gasteiger partial charge in [0.2, 0.25) is 10.0 Å². The van der Waals surface area contributed by atoms with Crippen LogP contribution in [0.1, 0.15) is 51.2 Å². The number of rotatable bonds is 9. The molecule has 0 unspecified atom stereocenters. The van der Waals surface area contributed by atoms with E-state index < -0.39 is 10.0 Å². The van der Waals surface area contributed by atoms with Crippen LogP contribution < -0.4 is 5.73 Å². The van der Waals surface area contributed by atoms with Crippen LogP contribution in [0.3, 0.4) is 0 Å². The molecule has 0 aliphatic carbocycles. The zero-order valence-corrected chi connectivity index (χ0v) is 14.2. The molecule has 0 radical (unpaired) electrons. The van der Waals surface area contributed by atoms with Crippen molar-refractivity contribution in [2.75, 3.05) is 6.54 Å². The second-order valence-electron chi connectivity index (χ2n) is 5.64. The lowest BCUT2D eigenvalue weighted by molar-refractivity contribution is 0.345. The normalized spacial score (nSPS) is 12.3. The van der Waals surface area contributed by atoms with Crippen molar-refractivity contribution < 1.29 is 8.42 Å². The van der Waals surface area contributed by atoms with Crippen LogP contribution in [0.15, 0.2) is 24.3 Å². The van der Waals surface area contributed by atoms with Gasteiger partial charge in [-0.15, -0.1) is 0 Å². The molecule has 0 bridgehead atoms. The third-order valence-electron chi connectivity index (χ3n) is 3.59. The average Bonchev–Trinajstić information content (AvgIpc) is 2.43. The summed E-state index contributed by atoms with van der Waals surface area (Å²) in [5, 5.41) is 0. The molecule has 5 heteroatoms. The molecule has 2 N–H and O–H groups in total. The largest absolute Gasteiger partial charge is 0.326 e. The minimum atomic E-state index is -3.31. The van der Waals surface area contributed by atoms with E-state index in [-0.39, 0.29) is 11.8 Å². The number of sulfonamides is 1. The molecular weight excluding hydrogens is 284 g/mol. The Balaban J connectivity index is 2.90. The van der Waals surface area contributed by atoms with E-state index in [0.29, 0.717) is 13.1 Å². The lowest BCUT2D eigenvalue weighted by Gasteiger charge is -2.26. The van der Waals surface area contributed by atoms with E-state index in [9.17, 15) is 8.42 Å². The van der Waals surface area contributed by atoms with Gasteiger partial charge in [-0.1, -0.05) is 44.0 Å². The summed E-state index contributed by atoms with van der Waals surface area (Å²) in [5.74, 6) is 0.0324. The summed E-state index contributed by atoms with van der Waals surface area (Å²) in [6.07, 6.45) is 3.05. The number of nitrogens with zero attached hydrogens (tertiary/aromatic N) is 1. The minimum absolute atomic E-state index is 0.0168. The average molecular weight is 312 g/mol. The number of hydrogen-bond donors (Lipinski definition) is 1. The van der Waals surface area contributed by atoms with E-state index in [1.54, 1.807) is 4.31 Å². The molecule has 120 valence electrons. The molecule has 0 fully saturated rings. The fourth-order valence-corrected chi connectivity index (χ4v) is 4.30. The smallest absolute Gasteiger partial charge is 0.218 e. The molecule has 0 atom stereocenters. The molecule has 1 aromatic carbocycles. The van der Waals surface area contributed by atoms with Crippen molar-refractivity contribution >= 4 is 10.0 Å². The van der Waals surface area contributed by atoms with Gasteiger partial charge >= 0.3 is 0 Å².